The van der Waals surface area contributed by atoms with Crippen LogP contribution in [0.15, 0.2) is 53.1 Å². The molecule has 3 heteroatoms. The average Bonchev–Trinajstić information content (AvgIpc) is 2.61. The molecule has 0 bridgehead atoms. The maximum absolute atomic E-state index is 6.12. The quantitative estimate of drug-likeness (QED) is 0.701. The molecule has 1 aromatic rings. The Hall–Kier alpha value is -1.31. The summed E-state index contributed by atoms with van der Waals surface area (Å²) in [6.45, 7) is 0.729. The molecule has 1 aliphatic heterocycles. The van der Waals surface area contributed by atoms with E-state index in [9.17, 15) is 0 Å². The summed E-state index contributed by atoms with van der Waals surface area (Å²) in [4.78, 5) is 4.68. The molecule has 0 amide bonds. The van der Waals surface area contributed by atoms with Gasteiger partial charge in [0.2, 0.25) is 0 Å². The van der Waals surface area contributed by atoms with Crippen molar-refractivity contribution in [1.29, 1.82) is 0 Å². The Balaban J connectivity index is 0.00000133. The minimum atomic E-state index is 0. The van der Waals surface area contributed by atoms with Crippen LogP contribution in [0.5, 0.6) is 0 Å². The number of benzene rings is 1. The van der Waals surface area contributed by atoms with Gasteiger partial charge in [0, 0.05) is 10.6 Å². The minimum absolute atomic E-state index is 0. The number of aliphatic imine (C=N–C) groups is 1. The minimum Gasteiger partial charge on any atom is -0.280 e. The molecule has 0 saturated carbocycles. The van der Waals surface area contributed by atoms with Crippen LogP contribution in [0, 0.1) is 0 Å². The van der Waals surface area contributed by atoms with Gasteiger partial charge in [-0.15, -0.1) is 12.4 Å². The molecule has 3 rings (SSSR count). The van der Waals surface area contributed by atoms with Crippen molar-refractivity contribution in [3.8, 4) is 0 Å². The molecule has 0 N–H and O–H groups in total. The number of rotatable bonds is 1. The Kier molecular flexibility index (Phi) is 4.62. The molecule has 2 aliphatic rings. The highest BCUT2D eigenvalue weighted by Crippen LogP contribution is 2.25. The number of halogens is 2. The molecule has 0 unspecified atom stereocenters. The van der Waals surface area contributed by atoms with Gasteiger partial charge in [-0.1, -0.05) is 48.0 Å². The van der Waals surface area contributed by atoms with E-state index in [4.69, 9.17) is 11.6 Å². The molecule has 0 radical (unpaired) electrons. The highest BCUT2D eigenvalue weighted by Gasteiger charge is 2.14. The summed E-state index contributed by atoms with van der Waals surface area (Å²) in [6, 6.07) is 6.00. The third-order valence-electron chi connectivity index (χ3n) is 3.19. The third kappa shape index (κ3) is 2.99. The molecular formula is C16H15Cl2N. The summed E-state index contributed by atoms with van der Waals surface area (Å²) in [7, 11) is 0. The van der Waals surface area contributed by atoms with Gasteiger partial charge in [0.25, 0.3) is 0 Å². The molecule has 19 heavy (non-hydrogen) atoms. The van der Waals surface area contributed by atoms with E-state index in [1.807, 2.05) is 12.1 Å². The molecule has 0 saturated heterocycles. The Morgan fingerprint density at radius 2 is 1.95 bits per heavy atom. The van der Waals surface area contributed by atoms with Crippen LogP contribution in [0.4, 0.5) is 0 Å². The van der Waals surface area contributed by atoms with E-state index in [1.54, 1.807) is 0 Å². The maximum Gasteiger partial charge on any atom is 0.0726 e. The summed E-state index contributed by atoms with van der Waals surface area (Å²) in [6.07, 6.45) is 13.1. The molecule has 98 valence electrons. The van der Waals surface area contributed by atoms with Crippen molar-refractivity contribution in [2.75, 3.05) is 6.54 Å². The Labute approximate surface area is 124 Å². The van der Waals surface area contributed by atoms with E-state index < -0.39 is 0 Å². The predicted octanol–water partition coefficient (Wildman–Crippen LogP) is 4.85. The van der Waals surface area contributed by atoms with E-state index in [-0.39, 0.29) is 12.4 Å². The van der Waals surface area contributed by atoms with Gasteiger partial charge in [0.15, 0.2) is 0 Å². The second-order valence-corrected chi connectivity index (χ2v) is 4.90. The van der Waals surface area contributed by atoms with Crippen LogP contribution in [0.2, 0.25) is 5.02 Å². The summed E-state index contributed by atoms with van der Waals surface area (Å²) < 4.78 is 0. The van der Waals surface area contributed by atoms with Crippen LogP contribution in [-0.2, 0) is 0 Å². The fourth-order valence-corrected chi connectivity index (χ4v) is 2.50. The van der Waals surface area contributed by atoms with E-state index in [2.05, 4.69) is 41.4 Å². The van der Waals surface area contributed by atoms with Gasteiger partial charge in [0.05, 0.1) is 12.3 Å². The van der Waals surface area contributed by atoms with E-state index in [0.717, 1.165) is 35.7 Å². The lowest BCUT2D eigenvalue weighted by Crippen LogP contribution is -2.07. The van der Waals surface area contributed by atoms with Crippen LogP contribution in [-0.4, -0.2) is 12.3 Å². The highest BCUT2D eigenvalue weighted by molar-refractivity contribution is 6.31. The number of hydrogen-bond acceptors (Lipinski definition) is 1. The van der Waals surface area contributed by atoms with E-state index in [1.165, 1.54) is 11.1 Å². The Bertz CT molecular complexity index is 595. The lowest BCUT2D eigenvalue weighted by Gasteiger charge is -2.12. The van der Waals surface area contributed by atoms with Gasteiger partial charge in [-0.25, -0.2) is 0 Å². The van der Waals surface area contributed by atoms with Crippen LogP contribution >= 0.6 is 24.0 Å². The SMILES string of the molecule is Cl.Clc1ccc2c(c1)C(C1=CCCC=C1)=NCC=C2. The molecule has 0 spiro atoms. The van der Waals surface area contributed by atoms with E-state index >= 15 is 0 Å². The van der Waals surface area contributed by atoms with Crippen molar-refractivity contribution < 1.29 is 0 Å². The van der Waals surface area contributed by atoms with Crippen molar-refractivity contribution in [2.24, 2.45) is 4.99 Å². The molecule has 1 aromatic carbocycles. The largest absolute Gasteiger partial charge is 0.280 e. The normalized spacial score (nSPS) is 16.9. The van der Waals surface area contributed by atoms with Crippen molar-refractivity contribution >= 4 is 35.8 Å². The number of fused-ring (bicyclic) bond motifs is 1. The lowest BCUT2D eigenvalue weighted by atomic mass is 9.94. The number of nitrogens with zero attached hydrogens (tertiary/aromatic N) is 1. The third-order valence-corrected chi connectivity index (χ3v) is 3.43. The van der Waals surface area contributed by atoms with E-state index in [0.29, 0.717) is 0 Å². The number of allylic oxidation sites excluding steroid dienone is 4. The monoisotopic (exact) mass is 291 g/mol. The molecule has 0 aromatic heterocycles. The smallest absolute Gasteiger partial charge is 0.0726 e. The predicted molar refractivity (Wildman–Crippen MR) is 85.6 cm³/mol. The van der Waals surface area contributed by atoms with Crippen LogP contribution in [0.1, 0.15) is 24.0 Å². The van der Waals surface area contributed by atoms with Gasteiger partial charge in [-0.2, -0.15) is 0 Å². The van der Waals surface area contributed by atoms with Gasteiger partial charge in [-0.3, -0.25) is 4.99 Å². The molecule has 0 fully saturated rings. The summed E-state index contributed by atoms with van der Waals surface area (Å²) in [5, 5.41) is 0.761. The van der Waals surface area contributed by atoms with Crippen LogP contribution in [0.3, 0.4) is 0 Å². The van der Waals surface area contributed by atoms with Crippen molar-refractivity contribution in [3.05, 3.63) is 64.2 Å². The van der Waals surface area contributed by atoms with Crippen molar-refractivity contribution in [2.45, 2.75) is 12.8 Å². The first-order chi connectivity index (χ1) is 8.84. The molecular weight excluding hydrogens is 277 g/mol. The summed E-state index contributed by atoms with van der Waals surface area (Å²) in [5.41, 5.74) is 4.60. The summed E-state index contributed by atoms with van der Waals surface area (Å²) >= 11 is 6.12. The Morgan fingerprint density at radius 3 is 2.74 bits per heavy atom. The molecule has 1 aliphatic carbocycles. The first-order valence-corrected chi connectivity index (χ1v) is 6.60. The molecule has 1 heterocycles. The fourth-order valence-electron chi connectivity index (χ4n) is 2.32. The average molecular weight is 292 g/mol. The molecule has 0 atom stereocenters. The number of hydrogen-bond donors (Lipinski definition) is 0. The van der Waals surface area contributed by atoms with Gasteiger partial charge >= 0.3 is 0 Å². The second-order valence-electron chi connectivity index (χ2n) is 4.46. The Morgan fingerprint density at radius 1 is 1.05 bits per heavy atom. The zero-order valence-electron chi connectivity index (χ0n) is 10.5. The van der Waals surface area contributed by atoms with Gasteiger partial charge < -0.3 is 0 Å². The fraction of sp³-hybridized carbons (Fsp3) is 0.188. The second kappa shape index (κ2) is 6.23. The topological polar surface area (TPSA) is 12.4 Å². The lowest BCUT2D eigenvalue weighted by molar-refractivity contribution is 1.03. The first kappa shape index (κ1) is 14.1. The first-order valence-electron chi connectivity index (χ1n) is 6.22. The standard InChI is InChI=1S/C16H14ClN.ClH/c17-14-9-8-12-7-4-10-18-16(15(12)11-14)13-5-2-1-3-6-13;/h2,4-9,11H,1,3,10H2;1H. The van der Waals surface area contributed by atoms with Crippen LogP contribution in [0.25, 0.3) is 6.08 Å². The van der Waals surface area contributed by atoms with Crippen molar-refractivity contribution in [3.63, 3.8) is 0 Å². The highest BCUT2D eigenvalue weighted by atomic mass is 35.5. The zero-order chi connectivity index (χ0) is 12.4. The van der Waals surface area contributed by atoms with Gasteiger partial charge in [0.1, 0.15) is 0 Å². The van der Waals surface area contributed by atoms with Crippen LogP contribution < -0.4 is 0 Å². The maximum atomic E-state index is 6.12. The summed E-state index contributed by atoms with van der Waals surface area (Å²) in [5.74, 6) is 0. The van der Waals surface area contributed by atoms with Crippen molar-refractivity contribution in [1.82, 2.24) is 0 Å². The molecule has 1 nitrogen and oxygen atoms in total. The zero-order valence-corrected chi connectivity index (χ0v) is 12.0. The van der Waals surface area contributed by atoms with Gasteiger partial charge in [-0.05, 0) is 36.1 Å².